The first-order valence-electron chi connectivity index (χ1n) is 5.83. The van der Waals surface area contributed by atoms with Gasteiger partial charge in [-0.25, -0.2) is 0 Å². The molecule has 0 fully saturated rings. The van der Waals surface area contributed by atoms with Crippen LogP contribution in [0.15, 0.2) is 12.1 Å². The van der Waals surface area contributed by atoms with Gasteiger partial charge in [0.15, 0.2) is 6.61 Å². The van der Waals surface area contributed by atoms with Crippen LogP contribution in [0.4, 0.5) is 11.4 Å². The summed E-state index contributed by atoms with van der Waals surface area (Å²) >= 11 is 6.04. The van der Waals surface area contributed by atoms with Gasteiger partial charge in [0.25, 0.3) is 5.91 Å². The first kappa shape index (κ1) is 17.5. The van der Waals surface area contributed by atoms with Crippen LogP contribution in [0.3, 0.4) is 0 Å². The van der Waals surface area contributed by atoms with Crippen LogP contribution in [0.5, 0.6) is 5.75 Å². The van der Waals surface area contributed by atoms with E-state index in [-0.39, 0.29) is 36.6 Å². The van der Waals surface area contributed by atoms with Gasteiger partial charge in [0.05, 0.1) is 23.0 Å². The summed E-state index contributed by atoms with van der Waals surface area (Å²) in [6.45, 7) is 0.0200. The molecule has 0 saturated heterocycles. The highest BCUT2D eigenvalue weighted by molar-refractivity contribution is 6.34. The lowest BCUT2D eigenvalue weighted by molar-refractivity contribution is -0.119. The van der Waals surface area contributed by atoms with E-state index in [1.165, 1.54) is 19.2 Å². The van der Waals surface area contributed by atoms with Gasteiger partial charge in [-0.05, 0) is 6.07 Å². The molecule has 1 aliphatic heterocycles. The number of hydrogen-bond acceptors (Lipinski definition) is 5. The smallest absolute Gasteiger partial charge is 0.262 e. The van der Waals surface area contributed by atoms with Crippen molar-refractivity contribution in [2.24, 2.45) is 5.73 Å². The predicted octanol–water partition coefficient (Wildman–Crippen LogP) is 1.00. The molecule has 1 atom stereocenters. The summed E-state index contributed by atoms with van der Waals surface area (Å²) in [5.41, 5.74) is 6.44. The Morgan fingerprint density at radius 2 is 2.33 bits per heavy atom. The van der Waals surface area contributed by atoms with Crippen LogP contribution in [0.1, 0.15) is 0 Å². The molecule has 1 aromatic carbocycles. The Morgan fingerprint density at radius 1 is 1.62 bits per heavy atom. The van der Waals surface area contributed by atoms with Gasteiger partial charge >= 0.3 is 0 Å². The highest BCUT2D eigenvalue weighted by Crippen LogP contribution is 2.36. The molecule has 0 aromatic heterocycles. The second-order valence-corrected chi connectivity index (χ2v) is 4.62. The van der Waals surface area contributed by atoms with Gasteiger partial charge in [0.1, 0.15) is 11.8 Å². The van der Waals surface area contributed by atoms with Crippen LogP contribution in [0, 0.1) is 0 Å². The Bertz CT molecular complexity index is 554. The maximum absolute atomic E-state index is 11.8. The zero-order valence-corrected chi connectivity index (χ0v) is 12.7. The average molecular weight is 336 g/mol. The number of hydrogen-bond donors (Lipinski definition) is 3. The third kappa shape index (κ3) is 4.21. The number of fused-ring (bicyclic) bond motifs is 1. The standard InChI is InChI=1S/C12H14ClN3O4.ClH/c1-19-4-7(14)12(18)16-8-3-10-9(2-6(8)13)15-11(17)5-20-10;/h2-3,7H,4-5,14H2,1H3,(H,15,17)(H,16,18);1H. The first-order chi connectivity index (χ1) is 9.51. The molecule has 1 heterocycles. The maximum Gasteiger partial charge on any atom is 0.262 e. The lowest BCUT2D eigenvalue weighted by atomic mass is 10.2. The molecule has 7 nitrogen and oxygen atoms in total. The molecule has 0 radical (unpaired) electrons. The van der Waals surface area contributed by atoms with Crippen LogP contribution in [0.25, 0.3) is 0 Å². The molecule has 2 rings (SSSR count). The number of amides is 2. The molecule has 0 saturated carbocycles. The van der Waals surface area contributed by atoms with Crippen LogP contribution in [-0.2, 0) is 14.3 Å². The van der Waals surface area contributed by atoms with E-state index in [1.807, 2.05) is 0 Å². The van der Waals surface area contributed by atoms with Gasteiger partial charge < -0.3 is 25.8 Å². The Labute approximate surface area is 132 Å². The van der Waals surface area contributed by atoms with E-state index in [2.05, 4.69) is 10.6 Å². The van der Waals surface area contributed by atoms with Crippen molar-refractivity contribution >= 4 is 47.2 Å². The fraction of sp³-hybridized carbons (Fsp3) is 0.333. The molecule has 0 bridgehead atoms. The largest absolute Gasteiger partial charge is 0.482 e. The molecule has 21 heavy (non-hydrogen) atoms. The third-order valence-corrected chi connectivity index (χ3v) is 2.96. The number of nitrogens with one attached hydrogen (secondary N) is 2. The van der Waals surface area contributed by atoms with Crippen molar-refractivity contribution in [3.8, 4) is 5.75 Å². The quantitative estimate of drug-likeness (QED) is 0.761. The summed E-state index contributed by atoms with van der Waals surface area (Å²) < 4.78 is 10.0. The van der Waals surface area contributed by atoms with Crippen molar-refractivity contribution < 1.29 is 19.1 Å². The highest BCUT2D eigenvalue weighted by Gasteiger charge is 2.20. The minimum absolute atomic E-state index is 0. The van der Waals surface area contributed by atoms with E-state index in [4.69, 9.17) is 26.8 Å². The van der Waals surface area contributed by atoms with Gasteiger partial charge in [-0.15, -0.1) is 12.4 Å². The number of carbonyl (C=O) groups excluding carboxylic acids is 2. The second kappa shape index (κ2) is 7.46. The van der Waals surface area contributed by atoms with Crippen LogP contribution < -0.4 is 21.1 Å². The normalized spacial score (nSPS) is 14.1. The van der Waals surface area contributed by atoms with Crippen molar-refractivity contribution in [3.05, 3.63) is 17.2 Å². The Balaban J connectivity index is 0.00000220. The summed E-state index contributed by atoms with van der Waals surface area (Å²) in [6, 6.07) is 2.24. The summed E-state index contributed by atoms with van der Waals surface area (Å²) in [7, 11) is 1.45. The van der Waals surface area contributed by atoms with E-state index < -0.39 is 11.9 Å². The monoisotopic (exact) mass is 335 g/mol. The van der Waals surface area contributed by atoms with Gasteiger partial charge in [-0.3, -0.25) is 9.59 Å². The Kier molecular flexibility index (Phi) is 6.22. The van der Waals surface area contributed by atoms with Crippen LogP contribution >= 0.6 is 24.0 Å². The number of nitrogens with two attached hydrogens (primary N) is 1. The van der Waals surface area contributed by atoms with Gasteiger partial charge in [0.2, 0.25) is 5.91 Å². The minimum Gasteiger partial charge on any atom is -0.482 e. The van der Waals surface area contributed by atoms with Crippen molar-refractivity contribution in [3.63, 3.8) is 0 Å². The first-order valence-corrected chi connectivity index (χ1v) is 6.20. The minimum atomic E-state index is -0.798. The number of halogens is 2. The summed E-state index contributed by atoms with van der Waals surface area (Å²) in [6.07, 6.45) is 0. The van der Waals surface area contributed by atoms with Crippen molar-refractivity contribution in [1.29, 1.82) is 0 Å². The molecule has 116 valence electrons. The van der Waals surface area contributed by atoms with E-state index in [0.29, 0.717) is 17.1 Å². The highest BCUT2D eigenvalue weighted by atomic mass is 35.5. The molecule has 1 aliphatic rings. The lowest BCUT2D eigenvalue weighted by Gasteiger charge is -2.20. The number of carbonyl (C=O) groups is 2. The molecular weight excluding hydrogens is 321 g/mol. The number of methoxy groups -OCH3 is 1. The van der Waals surface area contributed by atoms with Gasteiger partial charge in [-0.1, -0.05) is 11.6 Å². The molecule has 1 aromatic rings. The lowest BCUT2D eigenvalue weighted by Crippen LogP contribution is -2.39. The van der Waals surface area contributed by atoms with Crippen LogP contribution in [0.2, 0.25) is 5.02 Å². The zero-order valence-electron chi connectivity index (χ0n) is 11.1. The van der Waals surface area contributed by atoms with E-state index in [9.17, 15) is 9.59 Å². The Morgan fingerprint density at radius 3 is 3.00 bits per heavy atom. The van der Waals surface area contributed by atoms with E-state index in [0.717, 1.165) is 0 Å². The molecule has 1 unspecified atom stereocenters. The molecule has 0 aliphatic carbocycles. The zero-order chi connectivity index (χ0) is 14.7. The average Bonchev–Trinajstić information content (AvgIpc) is 2.40. The fourth-order valence-corrected chi connectivity index (χ4v) is 1.89. The third-order valence-electron chi connectivity index (χ3n) is 2.64. The molecule has 9 heteroatoms. The Hall–Kier alpha value is -1.54. The van der Waals surface area contributed by atoms with Crippen molar-refractivity contribution in [2.45, 2.75) is 6.04 Å². The summed E-state index contributed by atoms with van der Waals surface area (Å²) in [5.74, 6) is -0.245. The molecular formula is C12H15Cl2N3O4. The van der Waals surface area contributed by atoms with Crippen LogP contribution in [-0.4, -0.2) is 38.2 Å². The van der Waals surface area contributed by atoms with Gasteiger partial charge in [0, 0.05) is 13.2 Å². The van der Waals surface area contributed by atoms with E-state index >= 15 is 0 Å². The SMILES string of the molecule is COCC(N)C(=O)Nc1cc2c(cc1Cl)NC(=O)CO2.Cl. The topological polar surface area (TPSA) is 103 Å². The molecule has 0 spiro atoms. The number of ether oxygens (including phenoxy) is 2. The van der Waals surface area contributed by atoms with E-state index in [1.54, 1.807) is 0 Å². The molecule has 4 N–H and O–H groups in total. The number of anilines is 2. The summed E-state index contributed by atoms with van der Waals surface area (Å²) in [4.78, 5) is 23.0. The fourth-order valence-electron chi connectivity index (χ4n) is 1.68. The van der Waals surface area contributed by atoms with Crippen molar-refractivity contribution in [2.75, 3.05) is 31.0 Å². The number of rotatable bonds is 4. The number of benzene rings is 1. The van der Waals surface area contributed by atoms with Crippen molar-refractivity contribution in [1.82, 2.24) is 0 Å². The van der Waals surface area contributed by atoms with Gasteiger partial charge in [-0.2, -0.15) is 0 Å². The maximum atomic E-state index is 11.8. The molecule has 2 amide bonds. The predicted molar refractivity (Wildman–Crippen MR) is 81.3 cm³/mol. The second-order valence-electron chi connectivity index (χ2n) is 4.22. The summed E-state index contributed by atoms with van der Waals surface area (Å²) in [5, 5.41) is 5.48.